The number of carbonyl (C=O) groups excluding carboxylic acids is 1. The van der Waals surface area contributed by atoms with Gasteiger partial charge in [0.25, 0.3) is 0 Å². The Morgan fingerprint density at radius 3 is 3.11 bits per heavy atom. The van der Waals surface area contributed by atoms with Gasteiger partial charge in [-0.2, -0.15) is 5.26 Å². The highest BCUT2D eigenvalue weighted by Gasteiger charge is 2.23. The molecule has 0 unspecified atom stereocenters. The number of nitrogens with one attached hydrogen (secondary N) is 2. The van der Waals surface area contributed by atoms with Crippen molar-refractivity contribution in [1.82, 2.24) is 10.6 Å². The maximum Gasteiger partial charge on any atom is 0.237 e. The lowest BCUT2D eigenvalue weighted by Gasteiger charge is -2.17. The van der Waals surface area contributed by atoms with Crippen molar-refractivity contribution in [3.8, 4) is 6.07 Å². The molecular formula is C14H17N3O. The van der Waals surface area contributed by atoms with Crippen LogP contribution in [-0.2, 0) is 4.79 Å². The Morgan fingerprint density at radius 1 is 1.61 bits per heavy atom. The molecule has 1 saturated heterocycles. The van der Waals surface area contributed by atoms with Crippen molar-refractivity contribution < 1.29 is 4.79 Å². The molecule has 2 rings (SSSR count). The first kappa shape index (κ1) is 12.6. The second kappa shape index (κ2) is 5.65. The summed E-state index contributed by atoms with van der Waals surface area (Å²) in [5, 5.41) is 15.0. The van der Waals surface area contributed by atoms with Gasteiger partial charge < -0.3 is 10.6 Å². The van der Waals surface area contributed by atoms with Crippen molar-refractivity contribution in [2.24, 2.45) is 0 Å². The van der Waals surface area contributed by atoms with Gasteiger partial charge in [0.1, 0.15) is 0 Å². The molecule has 0 aliphatic carbocycles. The van der Waals surface area contributed by atoms with Crippen molar-refractivity contribution in [2.75, 3.05) is 6.54 Å². The van der Waals surface area contributed by atoms with Gasteiger partial charge in [0, 0.05) is 0 Å². The van der Waals surface area contributed by atoms with Crippen LogP contribution in [-0.4, -0.2) is 18.5 Å². The average Bonchev–Trinajstić information content (AvgIpc) is 2.92. The van der Waals surface area contributed by atoms with E-state index in [2.05, 4.69) is 16.7 Å². The molecular weight excluding hydrogens is 226 g/mol. The van der Waals surface area contributed by atoms with Crippen molar-refractivity contribution >= 4 is 5.91 Å². The minimum absolute atomic E-state index is 0.0439. The van der Waals surface area contributed by atoms with Crippen LogP contribution < -0.4 is 10.6 Å². The molecule has 18 heavy (non-hydrogen) atoms. The van der Waals surface area contributed by atoms with E-state index >= 15 is 0 Å². The third-order valence-electron chi connectivity index (χ3n) is 3.25. The quantitative estimate of drug-likeness (QED) is 0.845. The Labute approximate surface area is 107 Å². The number of nitriles is 1. The third kappa shape index (κ3) is 2.88. The lowest BCUT2D eigenvalue weighted by molar-refractivity contribution is -0.123. The molecule has 1 aromatic rings. The maximum atomic E-state index is 11.9. The van der Waals surface area contributed by atoms with E-state index in [-0.39, 0.29) is 18.0 Å². The van der Waals surface area contributed by atoms with E-state index in [4.69, 9.17) is 5.26 Å². The maximum absolute atomic E-state index is 11.9. The van der Waals surface area contributed by atoms with Crippen LogP contribution in [0.25, 0.3) is 0 Å². The summed E-state index contributed by atoms with van der Waals surface area (Å²) >= 11 is 0. The van der Waals surface area contributed by atoms with Crippen molar-refractivity contribution in [3.63, 3.8) is 0 Å². The highest BCUT2D eigenvalue weighted by Crippen LogP contribution is 2.15. The molecule has 2 N–H and O–H groups in total. The Morgan fingerprint density at radius 2 is 2.44 bits per heavy atom. The van der Waals surface area contributed by atoms with Crippen LogP contribution in [0.2, 0.25) is 0 Å². The fourth-order valence-electron chi connectivity index (χ4n) is 2.18. The van der Waals surface area contributed by atoms with E-state index in [1.165, 1.54) is 0 Å². The Balaban J connectivity index is 2.00. The van der Waals surface area contributed by atoms with Crippen LogP contribution in [0.3, 0.4) is 0 Å². The SMILES string of the molecule is C[C@H](NC(=O)[C@@H]1CCCN1)c1cccc(C#N)c1. The summed E-state index contributed by atoms with van der Waals surface area (Å²) in [4.78, 5) is 11.9. The summed E-state index contributed by atoms with van der Waals surface area (Å²) < 4.78 is 0. The minimum atomic E-state index is -0.0757. The third-order valence-corrected chi connectivity index (χ3v) is 3.25. The lowest BCUT2D eigenvalue weighted by atomic mass is 10.1. The molecule has 1 aromatic carbocycles. The number of carbonyl (C=O) groups is 1. The summed E-state index contributed by atoms with van der Waals surface area (Å²) in [5.74, 6) is 0.0439. The molecule has 0 radical (unpaired) electrons. The van der Waals surface area contributed by atoms with Crippen LogP contribution in [0.5, 0.6) is 0 Å². The number of nitrogens with zero attached hydrogens (tertiary/aromatic N) is 1. The lowest BCUT2D eigenvalue weighted by Crippen LogP contribution is -2.41. The zero-order valence-electron chi connectivity index (χ0n) is 10.4. The van der Waals surface area contributed by atoms with E-state index in [9.17, 15) is 4.79 Å². The van der Waals surface area contributed by atoms with Gasteiger partial charge in [-0.3, -0.25) is 4.79 Å². The smallest absolute Gasteiger partial charge is 0.237 e. The standard InChI is InChI=1S/C14H17N3O/c1-10(12-5-2-4-11(8-12)9-15)17-14(18)13-6-3-7-16-13/h2,4-5,8,10,13,16H,3,6-7H2,1H3,(H,17,18)/t10-,13-/m0/s1. The molecule has 0 aromatic heterocycles. The molecule has 2 atom stereocenters. The number of hydrogen-bond donors (Lipinski definition) is 2. The van der Waals surface area contributed by atoms with Gasteiger partial charge in [-0.05, 0) is 44.0 Å². The molecule has 1 amide bonds. The zero-order chi connectivity index (χ0) is 13.0. The zero-order valence-corrected chi connectivity index (χ0v) is 10.4. The van der Waals surface area contributed by atoms with Crippen LogP contribution in [0.1, 0.15) is 36.9 Å². The summed E-state index contributed by atoms with van der Waals surface area (Å²) in [7, 11) is 0. The average molecular weight is 243 g/mol. The Bertz CT molecular complexity index is 472. The number of benzene rings is 1. The molecule has 94 valence electrons. The van der Waals surface area contributed by atoms with E-state index in [1.54, 1.807) is 6.07 Å². The monoisotopic (exact) mass is 243 g/mol. The van der Waals surface area contributed by atoms with Gasteiger partial charge in [-0.1, -0.05) is 12.1 Å². The Kier molecular flexibility index (Phi) is 3.96. The van der Waals surface area contributed by atoms with Gasteiger partial charge in [0.15, 0.2) is 0 Å². The topological polar surface area (TPSA) is 64.9 Å². The predicted molar refractivity (Wildman–Crippen MR) is 68.7 cm³/mol. The molecule has 4 nitrogen and oxygen atoms in total. The van der Waals surface area contributed by atoms with Gasteiger partial charge >= 0.3 is 0 Å². The first-order valence-corrected chi connectivity index (χ1v) is 6.24. The van der Waals surface area contributed by atoms with Gasteiger partial charge in [-0.15, -0.1) is 0 Å². The molecule has 4 heteroatoms. The van der Waals surface area contributed by atoms with E-state index in [0.717, 1.165) is 24.9 Å². The van der Waals surface area contributed by atoms with Crippen LogP contribution in [0.15, 0.2) is 24.3 Å². The van der Waals surface area contributed by atoms with Gasteiger partial charge in [0.2, 0.25) is 5.91 Å². The molecule has 1 fully saturated rings. The van der Waals surface area contributed by atoms with E-state index in [1.807, 2.05) is 25.1 Å². The summed E-state index contributed by atoms with van der Waals surface area (Å²) in [6.45, 7) is 2.85. The van der Waals surface area contributed by atoms with Crippen LogP contribution >= 0.6 is 0 Å². The second-order valence-corrected chi connectivity index (χ2v) is 4.62. The first-order chi connectivity index (χ1) is 8.70. The van der Waals surface area contributed by atoms with E-state index in [0.29, 0.717) is 5.56 Å². The highest BCUT2D eigenvalue weighted by atomic mass is 16.2. The molecule has 0 bridgehead atoms. The summed E-state index contributed by atoms with van der Waals surface area (Å²) in [5.41, 5.74) is 1.58. The molecule has 1 aliphatic rings. The molecule has 0 saturated carbocycles. The largest absolute Gasteiger partial charge is 0.348 e. The Hall–Kier alpha value is -1.86. The summed E-state index contributed by atoms with van der Waals surface area (Å²) in [6.07, 6.45) is 1.95. The molecule has 1 heterocycles. The highest BCUT2D eigenvalue weighted by molar-refractivity contribution is 5.82. The van der Waals surface area contributed by atoms with Gasteiger partial charge in [-0.25, -0.2) is 0 Å². The fourth-order valence-corrected chi connectivity index (χ4v) is 2.18. The molecule has 1 aliphatic heterocycles. The summed E-state index contributed by atoms with van der Waals surface area (Å²) in [6, 6.07) is 9.30. The second-order valence-electron chi connectivity index (χ2n) is 4.62. The van der Waals surface area contributed by atoms with Gasteiger partial charge in [0.05, 0.1) is 23.7 Å². The number of hydrogen-bond acceptors (Lipinski definition) is 3. The van der Waals surface area contributed by atoms with Crippen molar-refractivity contribution in [2.45, 2.75) is 31.8 Å². The van der Waals surface area contributed by atoms with Crippen molar-refractivity contribution in [3.05, 3.63) is 35.4 Å². The number of amides is 1. The minimum Gasteiger partial charge on any atom is -0.348 e. The van der Waals surface area contributed by atoms with E-state index < -0.39 is 0 Å². The van der Waals surface area contributed by atoms with Crippen LogP contribution in [0, 0.1) is 11.3 Å². The van der Waals surface area contributed by atoms with Crippen LogP contribution in [0.4, 0.5) is 0 Å². The first-order valence-electron chi connectivity index (χ1n) is 6.24. The van der Waals surface area contributed by atoms with Crippen molar-refractivity contribution in [1.29, 1.82) is 5.26 Å². The predicted octanol–water partition coefficient (Wildman–Crippen LogP) is 1.49. The molecule has 0 spiro atoms. The fraction of sp³-hybridized carbons (Fsp3) is 0.429. The number of rotatable bonds is 3. The normalized spacial score (nSPS) is 20.1.